The van der Waals surface area contributed by atoms with Crippen LogP contribution in [0, 0.1) is 0 Å². The minimum atomic E-state index is -0.407. The van der Waals surface area contributed by atoms with E-state index < -0.39 is 5.91 Å². The Kier molecular flexibility index (Phi) is 3.38. The average molecular weight is 251 g/mol. The number of rotatable bonds is 5. The third-order valence-corrected chi connectivity index (χ3v) is 3.17. The van der Waals surface area contributed by atoms with Crippen LogP contribution in [-0.4, -0.2) is 20.7 Å². The van der Waals surface area contributed by atoms with Crippen molar-refractivity contribution in [2.75, 3.05) is 5.32 Å². The Morgan fingerprint density at radius 1 is 1.65 bits per heavy atom. The molecule has 17 heavy (non-hydrogen) atoms. The van der Waals surface area contributed by atoms with Crippen molar-refractivity contribution in [3.63, 3.8) is 0 Å². The first-order valence-corrected chi connectivity index (χ1v) is 5.99. The Balaban J connectivity index is 1.99. The number of nitrogens with zero attached hydrogens (tertiary/aromatic N) is 3. The summed E-state index contributed by atoms with van der Waals surface area (Å²) in [6.07, 6.45) is 5.25. The molecule has 0 saturated carbocycles. The van der Waals surface area contributed by atoms with Gasteiger partial charge < -0.3 is 11.1 Å². The maximum atomic E-state index is 10.7. The summed E-state index contributed by atoms with van der Waals surface area (Å²) in [5, 5.41) is 7.30. The Morgan fingerprint density at radius 3 is 3.12 bits per heavy atom. The van der Waals surface area contributed by atoms with E-state index in [0.717, 1.165) is 10.6 Å². The fourth-order valence-electron chi connectivity index (χ4n) is 1.44. The van der Waals surface area contributed by atoms with Gasteiger partial charge in [0.15, 0.2) is 0 Å². The van der Waals surface area contributed by atoms with Crippen LogP contribution in [0.3, 0.4) is 0 Å². The lowest BCUT2D eigenvalue weighted by molar-refractivity contribution is -0.118. The maximum Gasteiger partial charge on any atom is 0.239 e. The molecule has 1 atom stereocenters. The molecule has 2 heterocycles. The highest BCUT2D eigenvalue weighted by Crippen LogP contribution is 2.21. The van der Waals surface area contributed by atoms with E-state index in [1.54, 1.807) is 29.2 Å². The van der Waals surface area contributed by atoms with E-state index >= 15 is 0 Å². The molecule has 2 aromatic rings. The molecule has 1 unspecified atom stereocenters. The van der Waals surface area contributed by atoms with E-state index in [1.165, 1.54) is 4.68 Å². The number of primary amides is 1. The minimum absolute atomic E-state index is 0.0939. The van der Waals surface area contributed by atoms with Gasteiger partial charge in [0.1, 0.15) is 6.54 Å². The fourth-order valence-corrected chi connectivity index (χ4v) is 2.07. The van der Waals surface area contributed by atoms with Gasteiger partial charge in [-0.25, -0.2) is 0 Å². The quantitative estimate of drug-likeness (QED) is 0.830. The van der Waals surface area contributed by atoms with Crippen LogP contribution in [0.15, 0.2) is 24.1 Å². The molecule has 2 rings (SSSR count). The number of nitrogens with two attached hydrogens (primary N) is 1. The third kappa shape index (κ3) is 3.04. The van der Waals surface area contributed by atoms with Crippen molar-refractivity contribution < 1.29 is 4.79 Å². The molecule has 0 bridgehead atoms. The normalized spacial score (nSPS) is 12.3. The summed E-state index contributed by atoms with van der Waals surface area (Å²) in [7, 11) is 0. The summed E-state index contributed by atoms with van der Waals surface area (Å²) < 4.78 is 1.50. The molecule has 7 heteroatoms. The molecule has 3 N–H and O–H groups in total. The number of nitrogens with one attached hydrogen (secondary N) is 1. The minimum Gasteiger partial charge on any atom is -0.375 e. The van der Waals surface area contributed by atoms with Crippen LogP contribution in [0.5, 0.6) is 0 Å². The number of carbonyl (C=O) groups is 1. The monoisotopic (exact) mass is 251 g/mol. The van der Waals surface area contributed by atoms with E-state index in [2.05, 4.69) is 15.4 Å². The summed E-state index contributed by atoms with van der Waals surface area (Å²) in [5.74, 6) is -0.407. The predicted octanol–water partition coefficient (Wildman–Crippen LogP) is 0.998. The molecular formula is C10H13N5OS. The highest BCUT2D eigenvalue weighted by Gasteiger charge is 2.08. The van der Waals surface area contributed by atoms with Crippen LogP contribution in [0.2, 0.25) is 0 Å². The highest BCUT2D eigenvalue weighted by molar-refractivity contribution is 7.09. The zero-order chi connectivity index (χ0) is 12.3. The lowest BCUT2D eigenvalue weighted by Gasteiger charge is -2.10. The van der Waals surface area contributed by atoms with Gasteiger partial charge in [0.05, 0.1) is 23.4 Å². The summed E-state index contributed by atoms with van der Waals surface area (Å²) in [5.41, 5.74) is 7.73. The smallest absolute Gasteiger partial charge is 0.239 e. The van der Waals surface area contributed by atoms with Gasteiger partial charge in [-0.3, -0.25) is 14.5 Å². The molecule has 0 aromatic carbocycles. The Bertz CT molecular complexity index is 493. The Labute approximate surface area is 102 Å². The molecule has 90 valence electrons. The standard InChI is InChI=1S/C10H13N5OS/c1-7(9-3-12-6-17-9)14-8-2-13-15(4-8)5-10(11)16/h2-4,6-7,14H,5H2,1H3,(H2,11,16). The molecule has 0 saturated heterocycles. The summed E-state index contributed by atoms with van der Waals surface area (Å²) in [4.78, 5) is 15.9. The third-order valence-electron chi connectivity index (χ3n) is 2.21. The summed E-state index contributed by atoms with van der Waals surface area (Å²) in [6, 6.07) is 0.161. The number of carbonyl (C=O) groups excluding carboxylic acids is 1. The lowest BCUT2D eigenvalue weighted by atomic mass is 10.3. The van der Waals surface area contributed by atoms with E-state index in [-0.39, 0.29) is 12.6 Å². The number of thiazole rings is 1. The van der Waals surface area contributed by atoms with Gasteiger partial charge in [0, 0.05) is 17.3 Å². The fraction of sp³-hybridized carbons (Fsp3) is 0.300. The van der Waals surface area contributed by atoms with E-state index in [9.17, 15) is 4.79 Å². The largest absolute Gasteiger partial charge is 0.375 e. The molecule has 0 aliphatic carbocycles. The molecule has 0 aliphatic rings. The molecule has 0 aliphatic heterocycles. The molecule has 1 amide bonds. The van der Waals surface area contributed by atoms with Crippen molar-refractivity contribution in [3.8, 4) is 0 Å². The van der Waals surface area contributed by atoms with Gasteiger partial charge in [0.25, 0.3) is 0 Å². The molecule has 0 radical (unpaired) electrons. The van der Waals surface area contributed by atoms with Crippen LogP contribution < -0.4 is 11.1 Å². The van der Waals surface area contributed by atoms with Crippen LogP contribution in [-0.2, 0) is 11.3 Å². The average Bonchev–Trinajstić information content (AvgIpc) is 2.87. The summed E-state index contributed by atoms with van der Waals surface area (Å²) >= 11 is 1.59. The van der Waals surface area contributed by atoms with Crippen LogP contribution in [0.25, 0.3) is 0 Å². The van der Waals surface area contributed by atoms with Crippen molar-refractivity contribution >= 4 is 22.9 Å². The first-order valence-electron chi connectivity index (χ1n) is 5.11. The molecule has 0 fully saturated rings. The zero-order valence-electron chi connectivity index (χ0n) is 9.33. The van der Waals surface area contributed by atoms with Gasteiger partial charge in [-0.05, 0) is 6.92 Å². The molecular weight excluding hydrogens is 238 g/mol. The first-order chi connectivity index (χ1) is 8.15. The first kappa shape index (κ1) is 11.6. The summed E-state index contributed by atoms with van der Waals surface area (Å²) in [6.45, 7) is 2.13. The van der Waals surface area contributed by atoms with Crippen LogP contribution in [0.1, 0.15) is 17.8 Å². The second-order valence-electron chi connectivity index (χ2n) is 3.66. The SMILES string of the molecule is CC(Nc1cnn(CC(N)=O)c1)c1cncs1. The van der Waals surface area contributed by atoms with Crippen molar-refractivity contribution in [1.29, 1.82) is 0 Å². The maximum absolute atomic E-state index is 10.7. The van der Waals surface area contributed by atoms with E-state index in [4.69, 9.17) is 5.73 Å². The van der Waals surface area contributed by atoms with E-state index in [1.807, 2.05) is 13.1 Å². The van der Waals surface area contributed by atoms with Gasteiger partial charge in [-0.1, -0.05) is 0 Å². The molecule has 0 spiro atoms. The second-order valence-corrected chi connectivity index (χ2v) is 4.58. The molecule has 2 aromatic heterocycles. The number of anilines is 1. The topological polar surface area (TPSA) is 85.8 Å². The van der Waals surface area contributed by atoms with Gasteiger partial charge >= 0.3 is 0 Å². The van der Waals surface area contributed by atoms with Crippen molar-refractivity contribution in [3.05, 3.63) is 29.0 Å². The van der Waals surface area contributed by atoms with Crippen molar-refractivity contribution in [2.24, 2.45) is 5.73 Å². The predicted molar refractivity (Wildman–Crippen MR) is 65.6 cm³/mol. The zero-order valence-corrected chi connectivity index (χ0v) is 10.1. The lowest BCUT2D eigenvalue weighted by Crippen LogP contribution is -2.18. The van der Waals surface area contributed by atoms with Crippen LogP contribution >= 0.6 is 11.3 Å². The van der Waals surface area contributed by atoms with Crippen LogP contribution in [0.4, 0.5) is 5.69 Å². The number of amides is 1. The van der Waals surface area contributed by atoms with Gasteiger partial charge in [0.2, 0.25) is 5.91 Å². The number of aromatic nitrogens is 3. The van der Waals surface area contributed by atoms with Gasteiger partial charge in [-0.15, -0.1) is 11.3 Å². The van der Waals surface area contributed by atoms with E-state index in [0.29, 0.717) is 0 Å². The number of hydrogen-bond donors (Lipinski definition) is 2. The highest BCUT2D eigenvalue weighted by atomic mass is 32.1. The second kappa shape index (κ2) is 4.96. The van der Waals surface area contributed by atoms with Crippen molar-refractivity contribution in [1.82, 2.24) is 14.8 Å². The van der Waals surface area contributed by atoms with Gasteiger partial charge in [-0.2, -0.15) is 5.10 Å². The number of hydrogen-bond acceptors (Lipinski definition) is 5. The van der Waals surface area contributed by atoms with Crippen molar-refractivity contribution in [2.45, 2.75) is 19.5 Å². The Hall–Kier alpha value is -1.89. The Morgan fingerprint density at radius 2 is 2.47 bits per heavy atom. The molecule has 6 nitrogen and oxygen atoms in total.